The molecular weight excluding hydrogens is 206 g/mol. The fraction of sp³-hybridized carbons (Fsp3) is 0.917. The van der Waals surface area contributed by atoms with E-state index < -0.39 is 5.60 Å². The Kier molecular flexibility index (Phi) is 3.10. The molecule has 92 valence electrons. The lowest BCUT2D eigenvalue weighted by Gasteiger charge is -2.33. The van der Waals surface area contributed by atoms with Crippen molar-refractivity contribution in [3.8, 4) is 0 Å². The Morgan fingerprint density at radius 2 is 2.12 bits per heavy atom. The van der Waals surface area contributed by atoms with E-state index in [0.29, 0.717) is 12.0 Å². The van der Waals surface area contributed by atoms with E-state index in [1.807, 2.05) is 25.7 Å². The van der Waals surface area contributed by atoms with Crippen molar-refractivity contribution in [1.29, 1.82) is 0 Å². The first-order valence-corrected chi connectivity index (χ1v) is 6.05. The molecule has 2 atom stereocenters. The van der Waals surface area contributed by atoms with Gasteiger partial charge in [0.2, 0.25) is 0 Å². The van der Waals surface area contributed by atoms with Crippen LogP contribution < -0.4 is 0 Å². The highest BCUT2D eigenvalue weighted by molar-refractivity contribution is 5.68. The van der Waals surface area contributed by atoms with Crippen LogP contribution in [-0.2, 0) is 9.47 Å². The van der Waals surface area contributed by atoms with E-state index in [9.17, 15) is 4.79 Å². The normalized spacial score (nSPS) is 30.1. The van der Waals surface area contributed by atoms with Gasteiger partial charge in [-0.15, -0.1) is 0 Å². The standard InChI is InChI=1S/C12H21NO3/c1-12(2,3)16-11(14)13-6-4-5-9(7-13)10-8-15-10/h9-10H,4-8H2,1-3H3/t9-,10?/m1/s1. The van der Waals surface area contributed by atoms with Crippen LogP contribution in [0.15, 0.2) is 0 Å². The van der Waals surface area contributed by atoms with E-state index in [1.165, 1.54) is 6.42 Å². The van der Waals surface area contributed by atoms with Gasteiger partial charge in [0.15, 0.2) is 0 Å². The van der Waals surface area contributed by atoms with E-state index in [0.717, 1.165) is 26.1 Å². The summed E-state index contributed by atoms with van der Waals surface area (Å²) >= 11 is 0. The Labute approximate surface area is 96.9 Å². The van der Waals surface area contributed by atoms with Crippen LogP contribution >= 0.6 is 0 Å². The molecule has 16 heavy (non-hydrogen) atoms. The second-order valence-corrected chi connectivity index (χ2v) is 5.70. The summed E-state index contributed by atoms with van der Waals surface area (Å²) in [5.41, 5.74) is -0.403. The van der Waals surface area contributed by atoms with E-state index in [1.54, 1.807) is 0 Å². The molecule has 2 fully saturated rings. The molecule has 0 radical (unpaired) electrons. The van der Waals surface area contributed by atoms with Crippen molar-refractivity contribution in [2.75, 3.05) is 19.7 Å². The molecule has 1 amide bonds. The summed E-state index contributed by atoms with van der Waals surface area (Å²) < 4.78 is 10.7. The SMILES string of the molecule is CC(C)(C)OC(=O)N1CCC[C@@H](C2CO2)C1. The van der Waals surface area contributed by atoms with Crippen molar-refractivity contribution in [1.82, 2.24) is 4.90 Å². The average molecular weight is 227 g/mol. The molecule has 2 saturated heterocycles. The van der Waals surface area contributed by atoms with Crippen molar-refractivity contribution in [3.63, 3.8) is 0 Å². The zero-order valence-electron chi connectivity index (χ0n) is 10.4. The predicted octanol–water partition coefficient (Wildman–Crippen LogP) is 2.03. The van der Waals surface area contributed by atoms with Gasteiger partial charge in [0.1, 0.15) is 5.60 Å². The first-order valence-electron chi connectivity index (χ1n) is 6.05. The lowest BCUT2D eigenvalue weighted by molar-refractivity contribution is 0.0151. The molecule has 4 heteroatoms. The molecule has 0 N–H and O–H groups in total. The van der Waals surface area contributed by atoms with Gasteiger partial charge in [-0.25, -0.2) is 4.79 Å². The quantitative estimate of drug-likeness (QED) is 0.644. The van der Waals surface area contributed by atoms with Crippen molar-refractivity contribution < 1.29 is 14.3 Å². The van der Waals surface area contributed by atoms with Crippen LogP contribution in [0, 0.1) is 5.92 Å². The first kappa shape index (κ1) is 11.7. The van der Waals surface area contributed by atoms with Crippen LogP contribution in [0.5, 0.6) is 0 Å². The third-order valence-corrected chi connectivity index (χ3v) is 2.99. The van der Waals surface area contributed by atoms with Gasteiger partial charge in [-0.3, -0.25) is 0 Å². The van der Waals surface area contributed by atoms with Gasteiger partial charge in [-0.1, -0.05) is 0 Å². The molecule has 2 rings (SSSR count). The van der Waals surface area contributed by atoms with Crippen LogP contribution in [0.3, 0.4) is 0 Å². The summed E-state index contributed by atoms with van der Waals surface area (Å²) in [7, 11) is 0. The Hall–Kier alpha value is -0.770. The fourth-order valence-electron chi connectivity index (χ4n) is 2.13. The Bertz CT molecular complexity index is 268. The van der Waals surface area contributed by atoms with Gasteiger partial charge >= 0.3 is 6.09 Å². The highest BCUT2D eigenvalue weighted by Gasteiger charge is 2.37. The van der Waals surface area contributed by atoms with Crippen LogP contribution in [-0.4, -0.2) is 42.4 Å². The van der Waals surface area contributed by atoms with Crippen molar-refractivity contribution in [2.45, 2.75) is 45.3 Å². The van der Waals surface area contributed by atoms with Gasteiger partial charge in [0, 0.05) is 19.0 Å². The summed E-state index contributed by atoms with van der Waals surface area (Å²) in [4.78, 5) is 13.7. The number of likely N-dealkylation sites (tertiary alicyclic amines) is 1. The molecule has 0 bridgehead atoms. The fourth-order valence-corrected chi connectivity index (χ4v) is 2.13. The smallest absolute Gasteiger partial charge is 0.410 e. The zero-order valence-corrected chi connectivity index (χ0v) is 10.4. The largest absolute Gasteiger partial charge is 0.444 e. The maximum atomic E-state index is 11.9. The van der Waals surface area contributed by atoms with E-state index in [-0.39, 0.29) is 6.09 Å². The third-order valence-electron chi connectivity index (χ3n) is 2.99. The number of nitrogens with zero attached hydrogens (tertiary/aromatic N) is 1. The van der Waals surface area contributed by atoms with Gasteiger partial charge in [0.25, 0.3) is 0 Å². The molecule has 4 nitrogen and oxygen atoms in total. The number of amides is 1. The summed E-state index contributed by atoms with van der Waals surface area (Å²) in [6, 6.07) is 0. The minimum atomic E-state index is -0.403. The van der Waals surface area contributed by atoms with Gasteiger partial charge in [-0.05, 0) is 33.6 Å². The molecule has 0 aliphatic carbocycles. The van der Waals surface area contributed by atoms with Gasteiger partial charge < -0.3 is 14.4 Å². The molecule has 0 aromatic carbocycles. The Morgan fingerprint density at radius 1 is 1.44 bits per heavy atom. The number of ether oxygens (including phenoxy) is 2. The second-order valence-electron chi connectivity index (χ2n) is 5.70. The molecule has 2 heterocycles. The van der Waals surface area contributed by atoms with Crippen LogP contribution in [0.4, 0.5) is 4.79 Å². The van der Waals surface area contributed by atoms with Crippen LogP contribution in [0.1, 0.15) is 33.6 Å². The minimum absolute atomic E-state index is 0.183. The minimum Gasteiger partial charge on any atom is -0.444 e. The maximum absolute atomic E-state index is 11.9. The Balaban J connectivity index is 1.86. The lowest BCUT2D eigenvalue weighted by Crippen LogP contribution is -2.44. The van der Waals surface area contributed by atoms with Crippen LogP contribution in [0.25, 0.3) is 0 Å². The Morgan fingerprint density at radius 3 is 2.69 bits per heavy atom. The average Bonchev–Trinajstić information content (AvgIpc) is 2.98. The first-order chi connectivity index (χ1) is 7.46. The highest BCUT2D eigenvalue weighted by Crippen LogP contribution is 2.29. The number of epoxide rings is 1. The molecular formula is C12H21NO3. The molecule has 2 aliphatic rings. The molecule has 0 aromatic heterocycles. The predicted molar refractivity (Wildman–Crippen MR) is 60.3 cm³/mol. The topological polar surface area (TPSA) is 42.1 Å². The number of carbonyl (C=O) groups is 1. The summed E-state index contributed by atoms with van der Waals surface area (Å²) in [5.74, 6) is 0.515. The monoisotopic (exact) mass is 227 g/mol. The molecule has 0 saturated carbocycles. The number of hydrogen-bond acceptors (Lipinski definition) is 3. The number of piperidine rings is 1. The van der Waals surface area contributed by atoms with Crippen LogP contribution in [0.2, 0.25) is 0 Å². The highest BCUT2D eigenvalue weighted by atomic mass is 16.6. The zero-order chi connectivity index (χ0) is 11.8. The van der Waals surface area contributed by atoms with Crippen molar-refractivity contribution in [2.24, 2.45) is 5.92 Å². The van der Waals surface area contributed by atoms with Gasteiger partial charge in [-0.2, -0.15) is 0 Å². The number of rotatable bonds is 1. The van der Waals surface area contributed by atoms with E-state index >= 15 is 0 Å². The number of carbonyl (C=O) groups excluding carboxylic acids is 1. The third kappa shape index (κ3) is 3.11. The van der Waals surface area contributed by atoms with Crippen molar-refractivity contribution in [3.05, 3.63) is 0 Å². The van der Waals surface area contributed by atoms with Gasteiger partial charge in [0.05, 0.1) is 12.7 Å². The molecule has 1 unspecified atom stereocenters. The maximum Gasteiger partial charge on any atom is 0.410 e. The van der Waals surface area contributed by atoms with E-state index in [2.05, 4.69) is 0 Å². The van der Waals surface area contributed by atoms with E-state index in [4.69, 9.17) is 9.47 Å². The summed E-state index contributed by atoms with van der Waals surface area (Å²) in [6.45, 7) is 8.17. The second kappa shape index (κ2) is 4.24. The molecule has 0 aromatic rings. The lowest BCUT2D eigenvalue weighted by atomic mass is 9.95. The summed E-state index contributed by atoms with van der Waals surface area (Å²) in [5, 5.41) is 0. The molecule has 0 spiro atoms. The molecule has 2 aliphatic heterocycles. The summed E-state index contributed by atoms with van der Waals surface area (Å²) in [6.07, 6.45) is 2.44. The van der Waals surface area contributed by atoms with Crippen molar-refractivity contribution >= 4 is 6.09 Å². The number of hydrogen-bond donors (Lipinski definition) is 0.